The van der Waals surface area contributed by atoms with Gasteiger partial charge in [-0.3, -0.25) is 4.79 Å². The number of phenolic OH excluding ortho intramolecular Hbond substituents is 1. The highest BCUT2D eigenvalue weighted by atomic mass is 19.1. The Labute approximate surface area is 118 Å². The minimum Gasteiger partial charge on any atom is -0.507 e. The van der Waals surface area contributed by atoms with Crippen molar-refractivity contribution >= 4 is 5.91 Å². The topological polar surface area (TPSA) is 61.4 Å². The number of hydrogen-bond donors (Lipinski definition) is 3. The van der Waals surface area contributed by atoms with E-state index in [1.54, 1.807) is 0 Å². The Kier molecular flexibility index (Phi) is 4.28. The number of hydrogen-bond acceptors (Lipinski definition) is 3. The average Bonchev–Trinajstić information content (AvgIpc) is 2.36. The molecule has 1 saturated heterocycles. The van der Waals surface area contributed by atoms with Crippen LogP contribution in [0.25, 0.3) is 0 Å². The second kappa shape index (κ2) is 5.79. The summed E-state index contributed by atoms with van der Waals surface area (Å²) in [5.74, 6) is -1.62. The number of halogens is 1. The standard InChI is InChI=1S/C15H21FN2O2/c1-15(2)7-4-8-17-12(15)9-18-14(20)13-10(16)5-3-6-11(13)19/h3,5-6,12,17,19H,4,7-9H2,1-2H3,(H,18,20). The number of carbonyl (C=O) groups is 1. The maximum Gasteiger partial charge on any atom is 0.258 e. The molecule has 0 saturated carbocycles. The number of carbonyl (C=O) groups excluding carboxylic acids is 1. The zero-order chi connectivity index (χ0) is 14.8. The first kappa shape index (κ1) is 14.8. The van der Waals surface area contributed by atoms with E-state index in [1.165, 1.54) is 12.1 Å². The SMILES string of the molecule is CC1(C)CCCNC1CNC(=O)c1c(O)cccc1F. The van der Waals surface area contributed by atoms with Gasteiger partial charge >= 0.3 is 0 Å². The lowest BCUT2D eigenvalue weighted by Crippen LogP contribution is -2.52. The molecule has 1 unspecified atom stereocenters. The smallest absolute Gasteiger partial charge is 0.258 e. The molecule has 0 radical (unpaired) electrons. The highest BCUT2D eigenvalue weighted by Crippen LogP contribution is 2.29. The van der Waals surface area contributed by atoms with Crippen molar-refractivity contribution in [2.24, 2.45) is 5.41 Å². The Bertz CT molecular complexity index is 482. The lowest BCUT2D eigenvalue weighted by atomic mass is 9.77. The van der Waals surface area contributed by atoms with Crippen LogP contribution in [0.15, 0.2) is 18.2 Å². The van der Waals surface area contributed by atoms with Crippen LogP contribution in [0, 0.1) is 11.2 Å². The summed E-state index contributed by atoms with van der Waals surface area (Å²) in [6, 6.07) is 3.99. The second-order valence-corrected chi connectivity index (χ2v) is 5.94. The first-order chi connectivity index (χ1) is 9.42. The number of rotatable bonds is 3. The van der Waals surface area contributed by atoms with Gasteiger partial charge in [0.25, 0.3) is 5.91 Å². The van der Waals surface area contributed by atoms with Crippen molar-refractivity contribution in [2.75, 3.05) is 13.1 Å². The molecule has 1 aliphatic heterocycles. The van der Waals surface area contributed by atoms with Crippen LogP contribution >= 0.6 is 0 Å². The van der Waals surface area contributed by atoms with E-state index in [1.807, 2.05) is 0 Å². The Balaban J connectivity index is 2.02. The van der Waals surface area contributed by atoms with E-state index in [0.717, 1.165) is 25.5 Å². The molecule has 0 bridgehead atoms. The van der Waals surface area contributed by atoms with Gasteiger partial charge in [-0.15, -0.1) is 0 Å². The van der Waals surface area contributed by atoms with E-state index >= 15 is 0 Å². The van der Waals surface area contributed by atoms with Crippen LogP contribution in [-0.4, -0.2) is 30.1 Å². The lowest BCUT2D eigenvalue weighted by Gasteiger charge is -2.39. The molecule has 4 nitrogen and oxygen atoms in total. The molecular weight excluding hydrogens is 259 g/mol. The maximum absolute atomic E-state index is 13.6. The number of phenols is 1. The molecule has 110 valence electrons. The fraction of sp³-hybridized carbons (Fsp3) is 0.533. The summed E-state index contributed by atoms with van der Waals surface area (Å²) in [5, 5.41) is 15.7. The molecular formula is C15H21FN2O2. The van der Waals surface area contributed by atoms with Crippen molar-refractivity contribution in [1.82, 2.24) is 10.6 Å². The molecule has 0 aliphatic carbocycles. The Morgan fingerprint density at radius 2 is 2.30 bits per heavy atom. The number of aromatic hydroxyl groups is 1. The van der Waals surface area contributed by atoms with Crippen LogP contribution in [0.1, 0.15) is 37.0 Å². The highest BCUT2D eigenvalue weighted by molar-refractivity contribution is 5.97. The van der Waals surface area contributed by atoms with Gasteiger partial charge < -0.3 is 15.7 Å². The molecule has 1 amide bonds. The van der Waals surface area contributed by atoms with Crippen molar-refractivity contribution in [2.45, 2.75) is 32.7 Å². The van der Waals surface area contributed by atoms with Crippen molar-refractivity contribution in [3.63, 3.8) is 0 Å². The minimum atomic E-state index is -0.710. The largest absolute Gasteiger partial charge is 0.507 e. The number of piperidine rings is 1. The average molecular weight is 280 g/mol. The minimum absolute atomic E-state index is 0.0861. The van der Waals surface area contributed by atoms with Gasteiger partial charge in [-0.05, 0) is 36.9 Å². The van der Waals surface area contributed by atoms with E-state index in [4.69, 9.17) is 0 Å². The van der Waals surface area contributed by atoms with Gasteiger partial charge in [0.2, 0.25) is 0 Å². The third kappa shape index (κ3) is 3.10. The monoisotopic (exact) mass is 280 g/mol. The molecule has 1 fully saturated rings. The zero-order valence-electron chi connectivity index (χ0n) is 11.9. The molecule has 5 heteroatoms. The van der Waals surface area contributed by atoms with Crippen LogP contribution in [-0.2, 0) is 0 Å². The highest BCUT2D eigenvalue weighted by Gasteiger charge is 2.32. The summed E-state index contributed by atoms with van der Waals surface area (Å²) < 4.78 is 13.6. The number of nitrogens with one attached hydrogen (secondary N) is 2. The summed E-state index contributed by atoms with van der Waals surface area (Å²) in [4.78, 5) is 12.0. The summed E-state index contributed by atoms with van der Waals surface area (Å²) >= 11 is 0. The van der Waals surface area contributed by atoms with Gasteiger partial charge in [-0.2, -0.15) is 0 Å². The van der Waals surface area contributed by atoms with Gasteiger partial charge in [0, 0.05) is 12.6 Å². The predicted molar refractivity (Wildman–Crippen MR) is 75.2 cm³/mol. The third-order valence-corrected chi connectivity index (χ3v) is 4.02. The van der Waals surface area contributed by atoms with Gasteiger partial charge in [0.15, 0.2) is 0 Å². The molecule has 1 aromatic carbocycles. The quantitative estimate of drug-likeness (QED) is 0.794. The molecule has 0 spiro atoms. The molecule has 3 N–H and O–H groups in total. The number of amides is 1. The predicted octanol–water partition coefficient (Wildman–Crippen LogP) is 2.04. The van der Waals surface area contributed by atoms with E-state index in [-0.39, 0.29) is 22.8 Å². The first-order valence-electron chi connectivity index (χ1n) is 6.91. The molecule has 1 atom stereocenters. The van der Waals surface area contributed by atoms with Crippen LogP contribution in [0.3, 0.4) is 0 Å². The maximum atomic E-state index is 13.6. The Morgan fingerprint density at radius 3 is 2.95 bits per heavy atom. The van der Waals surface area contributed by atoms with E-state index in [9.17, 15) is 14.3 Å². The van der Waals surface area contributed by atoms with Crippen LogP contribution < -0.4 is 10.6 Å². The summed E-state index contributed by atoms with van der Waals surface area (Å²) in [7, 11) is 0. The third-order valence-electron chi connectivity index (χ3n) is 4.02. The van der Waals surface area contributed by atoms with E-state index in [0.29, 0.717) is 6.54 Å². The number of benzene rings is 1. The molecule has 1 heterocycles. The van der Waals surface area contributed by atoms with Gasteiger partial charge in [-0.25, -0.2) is 4.39 Å². The summed E-state index contributed by atoms with van der Waals surface area (Å²) in [6.45, 7) is 5.64. The van der Waals surface area contributed by atoms with Crippen LogP contribution in [0.2, 0.25) is 0 Å². The molecule has 1 aliphatic rings. The summed E-state index contributed by atoms with van der Waals surface area (Å²) in [5.41, 5.74) is -0.205. The Hall–Kier alpha value is -1.62. The lowest BCUT2D eigenvalue weighted by molar-refractivity contribution is 0.0922. The summed E-state index contributed by atoms with van der Waals surface area (Å²) in [6.07, 6.45) is 2.21. The van der Waals surface area contributed by atoms with Crippen molar-refractivity contribution in [3.05, 3.63) is 29.6 Å². The van der Waals surface area contributed by atoms with Gasteiger partial charge in [-0.1, -0.05) is 19.9 Å². The second-order valence-electron chi connectivity index (χ2n) is 5.94. The fourth-order valence-electron chi connectivity index (χ4n) is 2.64. The van der Waals surface area contributed by atoms with Crippen molar-refractivity contribution in [3.8, 4) is 5.75 Å². The molecule has 0 aromatic heterocycles. The molecule has 1 aromatic rings. The first-order valence-corrected chi connectivity index (χ1v) is 6.91. The van der Waals surface area contributed by atoms with Crippen molar-refractivity contribution < 1.29 is 14.3 Å². The van der Waals surface area contributed by atoms with Crippen molar-refractivity contribution in [1.29, 1.82) is 0 Å². The van der Waals surface area contributed by atoms with Crippen LogP contribution in [0.5, 0.6) is 5.75 Å². The van der Waals surface area contributed by atoms with Crippen LogP contribution in [0.4, 0.5) is 4.39 Å². The van der Waals surface area contributed by atoms with E-state index < -0.39 is 11.7 Å². The Morgan fingerprint density at radius 1 is 1.55 bits per heavy atom. The van der Waals surface area contributed by atoms with Gasteiger partial charge in [0.1, 0.15) is 17.1 Å². The van der Waals surface area contributed by atoms with E-state index in [2.05, 4.69) is 24.5 Å². The van der Waals surface area contributed by atoms with Gasteiger partial charge in [0.05, 0.1) is 0 Å². The molecule has 20 heavy (non-hydrogen) atoms. The zero-order valence-corrected chi connectivity index (χ0v) is 11.9. The molecule has 2 rings (SSSR count). The normalized spacial score (nSPS) is 21.4. The fourth-order valence-corrected chi connectivity index (χ4v) is 2.64.